The molecule has 0 aliphatic rings. The number of Topliss-reactive ketones (excluding diaryl/α,β-unsaturated/α-hetero) is 1. The number of hydrogen-bond donors (Lipinski definition) is 1. The summed E-state index contributed by atoms with van der Waals surface area (Å²) < 4.78 is 2.28. The maximum Gasteiger partial charge on any atom is 0.332 e. The van der Waals surface area contributed by atoms with E-state index in [0.717, 1.165) is 4.57 Å². The normalized spacial score (nSPS) is 11.5. The molecule has 7 nitrogen and oxygen atoms in total. The van der Waals surface area contributed by atoms with E-state index in [1.165, 1.54) is 24.7 Å². The van der Waals surface area contributed by atoms with Crippen LogP contribution in [0.4, 0.5) is 5.82 Å². The van der Waals surface area contributed by atoms with Crippen molar-refractivity contribution in [3.63, 3.8) is 0 Å². The Kier molecular flexibility index (Phi) is 4.80. The highest BCUT2D eigenvalue weighted by molar-refractivity contribution is 6.00. The number of nitrogens with one attached hydrogen (secondary N) is 1. The van der Waals surface area contributed by atoms with Crippen molar-refractivity contribution in [3.8, 4) is 0 Å². The second kappa shape index (κ2) is 6.12. The van der Waals surface area contributed by atoms with Gasteiger partial charge in [0, 0.05) is 38.7 Å². The van der Waals surface area contributed by atoms with Crippen LogP contribution in [0.25, 0.3) is 0 Å². The maximum atomic E-state index is 11.7. The van der Waals surface area contributed by atoms with E-state index in [1.807, 2.05) is 0 Å². The van der Waals surface area contributed by atoms with Gasteiger partial charge in [0.25, 0.3) is 5.56 Å². The quantitative estimate of drug-likeness (QED) is 0.611. The van der Waals surface area contributed by atoms with Gasteiger partial charge in [-0.15, -0.1) is 0 Å². The second-order valence-electron chi connectivity index (χ2n) is 4.30. The minimum Gasteiger partial charge on any atom is -0.299 e. The van der Waals surface area contributed by atoms with E-state index in [9.17, 15) is 14.4 Å². The molecule has 0 amide bonds. The molecule has 0 atom stereocenters. The van der Waals surface area contributed by atoms with Crippen molar-refractivity contribution in [1.29, 1.82) is 0 Å². The second-order valence-corrected chi connectivity index (χ2v) is 4.30. The van der Waals surface area contributed by atoms with Crippen LogP contribution in [0.3, 0.4) is 0 Å². The Hall–Kier alpha value is -2.18. The van der Waals surface area contributed by atoms with Crippen molar-refractivity contribution < 1.29 is 4.79 Å². The maximum absolute atomic E-state index is 11.7. The molecule has 0 saturated heterocycles. The zero-order chi connectivity index (χ0) is 14.6. The summed E-state index contributed by atoms with van der Waals surface area (Å²) in [7, 11) is 2.94. The van der Waals surface area contributed by atoms with Gasteiger partial charge in [-0.05, 0) is 6.92 Å². The van der Waals surface area contributed by atoms with Crippen molar-refractivity contribution in [1.82, 2.24) is 9.13 Å². The minimum absolute atomic E-state index is 0.0842. The van der Waals surface area contributed by atoms with E-state index < -0.39 is 11.2 Å². The first-order valence-electron chi connectivity index (χ1n) is 5.94. The van der Waals surface area contributed by atoms with Crippen molar-refractivity contribution in [2.45, 2.75) is 26.7 Å². The summed E-state index contributed by atoms with van der Waals surface area (Å²) in [5, 5.41) is 3.99. The lowest BCUT2D eigenvalue weighted by molar-refractivity contribution is -0.117. The van der Waals surface area contributed by atoms with Crippen molar-refractivity contribution >= 4 is 17.3 Å². The average molecular weight is 266 g/mol. The number of anilines is 1. The number of rotatable bonds is 5. The highest BCUT2D eigenvalue weighted by Crippen LogP contribution is 2.00. The first kappa shape index (κ1) is 14.9. The first-order chi connectivity index (χ1) is 8.86. The number of aromatic nitrogens is 2. The molecule has 0 fully saturated rings. The van der Waals surface area contributed by atoms with Crippen LogP contribution in [-0.4, -0.2) is 20.6 Å². The van der Waals surface area contributed by atoms with Gasteiger partial charge in [0.15, 0.2) is 0 Å². The Bertz CT molecular complexity index is 625. The predicted molar refractivity (Wildman–Crippen MR) is 73.6 cm³/mol. The molecule has 0 radical (unpaired) electrons. The molecule has 0 spiro atoms. The van der Waals surface area contributed by atoms with E-state index in [4.69, 9.17) is 0 Å². The van der Waals surface area contributed by atoms with E-state index >= 15 is 0 Å². The summed E-state index contributed by atoms with van der Waals surface area (Å²) in [6, 6.07) is 1.28. The molecule has 1 aromatic rings. The molecule has 0 saturated carbocycles. The molecule has 1 aromatic heterocycles. The van der Waals surface area contributed by atoms with Gasteiger partial charge in [0.1, 0.15) is 11.6 Å². The summed E-state index contributed by atoms with van der Waals surface area (Å²) in [4.78, 5) is 34.4. The van der Waals surface area contributed by atoms with Gasteiger partial charge in [0.05, 0.1) is 0 Å². The van der Waals surface area contributed by atoms with E-state index in [-0.39, 0.29) is 18.0 Å². The lowest BCUT2D eigenvalue weighted by Gasteiger charge is -2.08. The number of carbonyl (C=O) groups excluding carboxylic acids is 1. The Balaban J connectivity index is 2.96. The number of hydrogen-bond acceptors (Lipinski definition) is 5. The molecule has 0 bridgehead atoms. The van der Waals surface area contributed by atoms with Crippen molar-refractivity contribution in [2.24, 2.45) is 19.2 Å². The fourth-order valence-corrected chi connectivity index (χ4v) is 1.44. The van der Waals surface area contributed by atoms with Gasteiger partial charge in [-0.1, -0.05) is 6.92 Å². The molecular formula is C12H18N4O3. The number of ketones is 1. The summed E-state index contributed by atoms with van der Waals surface area (Å²) in [6.45, 7) is 3.49. The van der Waals surface area contributed by atoms with Crippen LogP contribution in [0.5, 0.6) is 0 Å². The Morgan fingerprint density at radius 2 is 1.95 bits per heavy atom. The zero-order valence-electron chi connectivity index (χ0n) is 11.6. The molecule has 104 valence electrons. The average Bonchev–Trinajstić information content (AvgIpc) is 2.38. The third-order valence-corrected chi connectivity index (χ3v) is 2.73. The SMILES string of the molecule is CCC(=O)C/C(C)=N/Nc1cc(=O)n(C)c(=O)n1C. The number of carbonyl (C=O) groups is 1. The Labute approximate surface area is 110 Å². The molecule has 19 heavy (non-hydrogen) atoms. The fraction of sp³-hybridized carbons (Fsp3) is 0.500. The van der Waals surface area contributed by atoms with Gasteiger partial charge >= 0.3 is 5.69 Å². The topological polar surface area (TPSA) is 85.5 Å². The van der Waals surface area contributed by atoms with Gasteiger partial charge < -0.3 is 0 Å². The van der Waals surface area contributed by atoms with Gasteiger partial charge in [-0.2, -0.15) is 5.10 Å². The van der Waals surface area contributed by atoms with Crippen LogP contribution in [-0.2, 0) is 18.9 Å². The molecule has 0 aromatic carbocycles. The smallest absolute Gasteiger partial charge is 0.299 e. The number of hydrazone groups is 1. The Morgan fingerprint density at radius 1 is 1.32 bits per heavy atom. The van der Waals surface area contributed by atoms with E-state index in [0.29, 0.717) is 12.1 Å². The molecule has 1 heterocycles. The van der Waals surface area contributed by atoms with Crippen LogP contribution >= 0.6 is 0 Å². The predicted octanol–water partition coefficient (Wildman–Crippen LogP) is 0.241. The zero-order valence-corrected chi connectivity index (χ0v) is 11.6. The van der Waals surface area contributed by atoms with Crippen LogP contribution in [0, 0.1) is 0 Å². The van der Waals surface area contributed by atoms with Crippen molar-refractivity contribution in [3.05, 3.63) is 26.9 Å². The molecular weight excluding hydrogens is 248 g/mol. The molecule has 1 rings (SSSR count). The highest BCUT2D eigenvalue weighted by Gasteiger charge is 2.05. The lowest BCUT2D eigenvalue weighted by Crippen LogP contribution is -2.37. The summed E-state index contributed by atoms with van der Waals surface area (Å²) >= 11 is 0. The third kappa shape index (κ3) is 3.64. The van der Waals surface area contributed by atoms with Crippen LogP contribution < -0.4 is 16.7 Å². The van der Waals surface area contributed by atoms with Gasteiger partial charge in [0.2, 0.25) is 0 Å². The van der Waals surface area contributed by atoms with Crippen LogP contribution in [0.2, 0.25) is 0 Å². The molecule has 0 aliphatic heterocycles. The van der Waals surface area contributed by atoms with Gasteiger partial charge in [-0.25, -0.2) is 4.79 Å². The van der Waals surface area contributed by atoms with Crippen LogP contribution in [0.1, 0.15) is 26.7 Å². The van der Waals surface area contributed by atoms with Crippen LogP contribution in [0.15, 0.2) is 20.8 Å². The van der Waals surface area contributed by atoms with E-state index in [2.05, 4.69) is 10.5 Å². The number of nitrogens with zero attached hydrogens (tertiary/aromatic N) is 3. The standard InChI is InChI=1S/C12H18N4O3/c1-5-9(17)6-8(2)13-14-10-7-11(18)16(4)12(19)15(10)3/h7,14H,5-6H2,1-4H3/b13-8+. The molecule has 1 N–H and O–H groups in total. The minimum atomic E-state index is -0.438. The first-order valence-corrected chi connectivity index (χ1v) is 5.94. The summed E-state index contributed by atoms with van der Waals surface area (Å²) in [6.07, 6.45) is 0.708. The lowest BCUT2D eigenvalue weighted by atomic mass is 10.2. The highest BCUT2D eigenvalue weighted by atomic mass is 16.2. The fourth-order valence-electron chi connectivity index (χ4n) is 1.44. The molecule has 7 heteroatoms. The summed E-state index contributed by atoms with van der Waals surface area (Å²) in [5.74, 6) is 0.373. The summed E-state index contributed by atoms with van der Waals surface area (Å²) in [5.41, 5.74) is 2.38. The largest absolute Gasteiger partial charge is 0.332 e. The Morgan fingerprint density at radius 3 is 2.53 bits per heavy atom. The molecule has 0 aliphatic carbocycles. The monoisotopic (exact) mass is 266 g/mol. The van der Waals surface area contributed by atoms with E-state index in [1.54, 1.807) is 13.8 Å². The van der Waals surface area contributed by atoms with Crippen molar-refractivity contribution in [2.75, 3.05) is 5.43 Å². The molecule has 0 unspecified atom stereocenters. The third-order valence-electron chi connectivity index (χ3n) is 2.73. The van der Waals surface area contributed by atoms with Gasteiger partial charge in [-0.3, -0.25) is 24.1 Å².